The van der Waals surface area contributed by atoms with Crippen molar-refractivity contribution in [3.8, 4) is 0 Å². The first kappa shape index (κ1) is 13.8. The molecule has 0 spiro atoms. The molecule has 100 valence electrons. The maximum atomic E-state index is 4.08. The van der Waals surface area contributed by atoms with Gasteiger partial charge in [0.2, 0.25) is 0 Å². The summed E-state index contributed by atoms with van der Waals surface area (Å²) in [6.07, 6.45) is 4.72. The average molecular weight is 254 g/mol. The number of nitrogens with one attached hydrogen (secondary N) is 1. The quantitative estimate of drug-likeness (QED) is 0.886. The van der Waals surface area contributed by atoms with Crippen molar-refractivity contribution in [2.75, 3.05) is 7.05 Å². The van der Waals surface area contributed by atoms with Gasteiger partial charge in [-0.3, -0.25) is 4.98 Å². The number of likely N-dealkylation sites (N-methyl/N-ethyl adjacent to an activating group) is 1. The average Bonchev–Trinajstić information content (AvgIpc) is 2.46. The lowest BCUT2D eigenvalue weighted by molar-refractivity contribution is 0.356. The smallest absolute Gasteiger partial charge is 0.0270 e. The number of hydrogen-bond donors (Lipinski definition) is 1. The molecular weight excluding hydrogens is 232 g/mol. The van der Waals surface area contributed by atoms with Crippen molar-refractivity contribution in [1.29, 1.82) is 0 Å². The zero-order valence-electron chi connectivity index (χ0n) is 11.9. The molecule has 0 radical (unpaired) electrons. The fourth-order valence-corrected chi connectivity index (χ4v) is 2.54. The molecule has 0 aliphatic carbocycles. The van der Waals surface area contributed by atoms with Crippen LogP contribution < -0.4 is 5.32 Å². The topological polar surface area (TPSA) is 24.9 Å². The molecule has 0 fully saturated rings. The molecule has 0 amide bonds. The first-order chi connectivity index (χ1) is 9.14. The van der Waals surface area contributed by atoms with Gasteiger partial charge in [-0.25, -0.2) is 0 Å². The lowest BCUT2D eigenvalue weighted by Gasteiger charge is -2.35. The minimum absolute atomic E-state index is 0.0826. The van der Waals surface area contributed by atoms with Gasteiger partial charge in [0.25, 0.3) is 0 Å². The first-order valence-electron chi connectivity index (χ1n) is 6.76. The van der Waals surface area contributed by atoms with E-state index in [-0.39, 0.29) is 5.41 Å². The molecule has 1 aromatic heterocycles. The van der Waals surface area contributed by atoms with E-state index in [4.69, 9.17) is 0 Å². The van der Waals surface area contributed by atoms with Gasteiger partial charge in [0.05, 0.1) is 0 Å². The van der Waals surface area contributed by atoms with Gasteiger partial charge in [-0.15, -0.1) is 0 Å². The highest BCUT2D eigenvalue weighted by Gasteiger charge is 2.30. The van der Waals surface area contributed by atoms with Crippen LogP contribution in [0.4, 0.5) is 0 Å². The van der Waals surface area contributed by atoms with Crippen LogP contribution in [0.15, 0.2) is 54.9 Å². The molecule has 1 aromatic carbocycles. The molecule has 1 unspecified atom stereocenters. The van der Waals surface area contributed by atoms with Crippen LogP contribution in [0.5, 0.6) is 0 Å². The lowest BCUT2D eigenvalue weighted by atomic mass is 9.75. The predicted octanol–water partition coefficient (Wildman–Crippen LogP) is 3.19. The minimum Gasteiger partial charge on any atom is -0.316 e. The Morgan fingerprint density at radius 1 is 1.05 bits per heavy atom. The molecule has 1 atom stereocenters. The van der Waals surface area contributed by atoms with Crippen LogP contribution in [0.1, 0.15) is 25.0 Å². The van der Waals surface area contributed by atoms with E-state index in [0.29, 0.717) is 6.04 Å². The van der Waals surface area contributed by atoms with Crippen LogP contribution in [0.25, 0.3) is 0 Å². The van der Waals surface area contributed by atoms with Crippen LogP contribution in [-0.2, 0) is 11.8 Å². The van der Waals surface area contributed by atoms with E-state index in [9.17, 15) is 0 Å². The molecule has 2 heteroatoms. The van der Waals surface area contributed by atoms with Gasteiger partial charge in [0.1, 0.15) is 0 Å². The second kappa shape index (κ2) is 5.98. The van der Waals surface area contributed by atoms with Gasteiger partial charge >= 0.3 is 0 Å². The van der Waals surface area contributed by atoms with Gasteiger partial charge in [-0.2, -0.15) is 0 Å². The maximum Gasteiger partial charge on any atom is 0.0270 e. The number of aromatic nitrogens is 1. The Morgan fingerprint density at radius 2 is 1.68 bits per heavy atom. The van der Waals surface area contributed by atoms with E-state index in [1.54, 1.807) is 0 Å². The van der Waals surface area contributed by atoms with Gasteiger partial charge in [0.15, 0.2) is 0 Å². The summed E-state index contributed by atoms with van der Waals surface area (Å²) in [5.41, 5.74) is 2.76. The van der Waals surface area contributed by atoms with E-state index in [2.05, 4.69) is 66.6 Å². The molecule has 0 saturated heterocycles. The van der Waals surface area contributed by atoms with Gasteiger partial charge in [-0.05, 0) is 36.7 Å². The number of nitrogens with zero attached hydrogens (tertiary/aromatic N) is 1. The second-order valence-corrected chi connectivity index (χ2v) is 5.49. The Morgan fingerprint density at radius 3 is 2.26 bits per heavy atom. The third-order valence-electron chi connectivity index (χ3n) is 3.93. The molecule has 0 aliphatic rings. The predicted molar refractivity (Wildman–Crippen MR) is 80.3 cm³/mol. The first-order valence-corrected chi connectivity index (χ1v) is 6.76. The molecule has 19 heavy (non-hydrogen) atoms. The zero-order chi connectivity index (χ0) is 13.7. The van der Waals surface area contributed by atoms with Crippen molar-refractivity contribution in [3.05, 3.63) is 66.0 Å². The Hall–Kier alpha value is -1.67. The molecule has 2 rings (SSSR count). The van der Waals surface area contributed by atoms with E-state index in [0.717, 1.165) is 6.42 Å². The highest BCUT2D eigenvalue weighted by atomic mass is 14.9. The van der Waals surface area contributed by atoms with Crippen LogP contribution in [0, 0.1) is 0 Å². The Balaban J connectivity index is 2.21. The van der Waals surface area contributed by atoms with Crippen molar-refractivity contribution in [2.24, 2.45) is 0 Å². The third kappa shape index (κ3) is 3.21. The van der Waals surface area contributed by atoms with Gasteiger partial charge < -0.3 is 5.32 Å². The summed E-state index contributed by atoms with van der Waals surface area (Å²) in [7, 11) is 2.04. The Kier molecular flexibility index (Phi) is 4.33. The Labute approximate surface area is 115 Å². The standard InChI is InChI=1S/C17H22N2/c1-17(2,15-7-5-4-6-8-15)16(18-3)13-14-9-11-19-12-10-14/h4-12,16,18H,13H2,1-3H3. The minimum atomic E-state index is 0.0826. The lowest BCUT2D eigenvalue weighted by Crippen LogP contribution is -2.44. The number of benzene rings is 1. The highest BCUT2D eigenvalue weighted by Crippen LogP contribution is 2.28. The van der Waals surface area contributed by atoms with Crippen LogP contribution in [-0.4, -0.2) is 18.1 Å². The summed E-state index contributed by atoms with van der Waals surface area (Å²) in [6, 6.07) is 15.3. The van der Waals surface area contributed by atoms with E-state index < -0.39 is 0 Å². The summed E-state index contributed by atoms with van der Waals surface area (Å²) < 4.78 is 0. The summed E-state index contributed by atoms with van der Waals surface area (Å²) in [4.78, 5) is 4.08. The zero-order valence-corrected chi connectivity index (χ0v) is 11.9. The summed E-state index contributed by atoms with van der Waals surface area (Å²) >= 11 is 0. The summed E-state index contributed by atoms with van der Waals surface area (Å²) in [6.45, 7) is 4.59. The molecule has 2 aromatic rings. The molecule has 1 N–H and O–H groups in total. The number of pyridine rings is 1. The monoisotopic (exact) mass is 254 g/mol. The summed E-state index contributed by atoms with van der Waals surface area (Å²) in [5.74, 6) is 0. The van der Waals surface area contributed by atoms with Crippen molar-refractivity contribution in [1.82, 2.24) is 10.3 Å². The fourth-order valence-electron chi connectivity index (χ4n) is 2.54. The summed E-state index contributed by atoms with van der Waals surface area (Å²) in [5, 5.41) is 3.47. The van der Waals surface area contributed by atoms with Gasteiger partial charge in [0, 0.05) is 23.9 Å². The van der Waals surface area contributed by atoms with Crippen molar-refractivity contribution in [3.63, 3.8) is 0 Å². The van der Waals surface area contributed by atoms with Crippen molar-refractivity contribution >= 4 is 0 Å². The van der Waals surface area contributed by atoms with Crippen molar-refractivity contribution < 1.29 is 0 Å². The molecular formula is C17H22N2. The molecule has 1 heterocycles. The molecule has 0 saturated carbocycles. The van der Waals surface area contributed by atoms with Gasteiger partial charge in [-0.1, -0.05) is 44.2 Å². The fraction of sp³-hybridized carbons (Fsp3) is 0.353. The van der Waals surface area contributed by atoms with Crippen molar-refractivity contribution in [2.45, 2.75) is 31.7 Å². The molecule has 0 aliphatic heterocycles. The van der Waals surface area contributed by atoms with Crippen LogP contribution in [0.3, 0.4) is 0 Å². The normalized spacial score (nSPS) is 13.2. The van der Waals surface area contributed by atoms with E-state index in [1.807, 2.05) is 19.4 Å². The number of hydrogen-bond acceptors (Lipinski definition) is 2. The second-order valence-electron chi connectivity index (χ2n) is 5.49. The maximum absolute atomic E-state index is 4.08. The van der Waals surface area contributed by atoms with E-state index in [1.165, 1.54) is 11.1 Å². The molecule has 0 bridgehead atoms. The Bertz CT molecular complexity index is 491. The SMILES string of the molecule is CNC(Cc1ccncc1)C(C)(C)c1ccccc1. The molecule has 2 nitrogen and oxygen atoms in total. The van der Waals surface area contributed by atoms with Crippen LogP contribution >= 0.6 is 0 Å². The number of rotatable bonds is 5. The highest BCUT2D eigenvalue weighted by molar-refractivity contribution is 5.27. The van der Waals surface area contributed by atoms with E-state index >= 15 is 0 Å². The third-order valence-corrected chi connectivity index (χ3v) is 3.93. The largest absolute Gasteiger partial charge is 0.316 e. The van der Waals surface area contributed by atoms with Crippen LogP contribution in [0.2, 0.25) is 0 Å².